The molecule has 1 atom stereocenters. The standard InChI is InChI=1S/C18H17BrN2O4S/c19-12-5-7-13(8-6-12)20-16(22)11-25-18(24)14-3-1-9-21(14)17(23)15-4-2-10-26-15/h2,4-8,10,14H,1,3,9,11H2,(H,20,22)/t14-/m1/s1. The Labute approximate surface area is 163 Å². The summed E-state index contributed by atoms with van der Waals surface area (Å²) in [5.41, 5.74) is 0.615. The van der Waals surface area contributed by atoms with Gasteiger partial charge >= 0.3 is 5.97 Å². The second-order valence-electron chi connectivity index (χ2n) is 5.80. The zero-order valence-electron chi connectivity index (χ0n) is 13.8. The van der Waals surface area contributed by atoms with Crippen molar-refractivity contribution in [1.29, 1.82) is 0 Å². The first-order valence-corrected chi connectivity index (χ1v) is 9.78. The molecule has 1 N–H and O–H groups in total. The minimum absolute atomic E-state index is 0.168. The monoisotopic (exact) mass is 436 g/mol. The van der Waals surface area contributed by atoms with E-state index in [-0.39, 0.29) is 12.5 Å². The zero-order valence-corrected chi connectivity index (χ0v) is 16.2. The summed E-state index contributed by atoms with van der Waals surface area (Å²) in [6.45, 7) is 0.133. The van der Waals surface area contributed by atoms with Crippen molar-refractivity contribution in [3.05, 3.63) is 51.1 Å². The fraction of sp³-hybridized carbons (Fsp3) is 0.278. The third-order valence-corrected chi connectivity index (χ3v) is 5.38. The van der Waals surface area contributed by atoms with Crippen LogP contribution in [0.25, 0.3) is 0 Å². The summed E-state index contributed by atoms with van der Waals surface area (Å²) in [6, 6.07) is 9.98. The second-order valence-corrected chi connectivity index (χ2v) is 7.66. The van der Waals surface area contributed by atoms with E-state index in [2.05, 4.69) is 21.2 Å². The molecule has 2 aromatic rings. The number of nitrogens with zero attached hydrogens (tertiary/aromatic N) is 1. The van der Waals surface area contributed by atoms with Gasteiger partial charge < -0.3 is 15.0 Å². The van der Waals surface area contributed by atoms with E-state index in [0.717, 1.165) is 10.9 Å². The van der Waals surface area contributed by atoms with Gasteiger partial charge in [-0.05, 0) is 48.6 Å². The van der Waals surface area contributed by atoms with Crippen molar-refractivity contribution < 1.29 is 19.1 Å². The van der Waals surface area contributed by atoms with Crippen LogP contribution in [0.5, 0.6) is 0 Å². The Morgan fingerprint density at radius 1 is 1.23 bits per heavy atom. The quantitative estimate of drug-likeness (QED) is 0.729. The predicted octanol–water partition coefficient (Wildman–Crippen LogP) is 3.30. The van der Waals surface area contributed by atoms with E-state index in [1.807, 2.05) is 5.38 Å². The lowest BCUT2D eigenvalue weighted by Gasteiger charge is -2.22. The van der Waals surface area contributed by atoms with Crippen LogP contribution in [0.15, 0.2) is 46.3 Å². The summed E-state index contributed by atoms with van der Waals surface area (Å²) in [5.74, 6) is -1.13. The zero-order chi connectivity index (χ0) is 18.5. The molecule has 0 saturated carbocycles. The van der Waals surface area contributed by atoms with E-state index in [1.165, 1.54) is 16.2 Å². The van der Waals surface area contributed by atoms with Gasteiger partial charge in [0.1, 0.15) is 6.04 Å². The molecule has 1 aliphatic rings. The fourth-order valence-corrected chi connectivity index (χ4v) is 3.70. The number of carbonyl (C=O) groups is 3. The van der Waals surface area contributed by atoms with Crippen LogP contribution >= 0.6 is 27.3 Å². The molecule has 0 spiro atoms. The van der Waals surface area contributed by atoms with Crippen molar-refractivity contribution in [3.8, 4) is 0 Å². The number of carbonyl (C=O) groups excluding carboxylic acids is 3. The van der Waals surface area contributed by atoms with Gasteiger partial charge in [-0.1, -0.05) is 22.0 Å². The van der Waals surface area contributed by atoms with Gasteiger partial charge in [-0.15, -0.1) is 11.3 Å². The first-order chi connectivity index (χ1) is 12.5. The number of benzene rings is 1. The number of thiophene rings is 1. The molecule has 6 nitrogen and oxygen atoms in total. The number of rotatable bonds is 5. The molecule has 2 heterocycles. The van der Waals surface area contributed by atoms with Gasteiger partial charge in [0.25, 0.3) is 11.8 Å². The molecule has 2 amide bonds. The summed E-state index contributed by atoms with van der Waals surface area (Å²) in [7, 11) is 0. The maximum absolute atomic E-state index is 12.5. The molecule has 26 heavy (non-hydrogen) atoms. The van der Waals surface area contributed by atoms with Gasteiger partial charge in [0, 0.05) is 16.7 Å². The van der Waals surface area contributed by atoms with Gasteiger partial charge in [-0.3, -0.25) is 9.59 Å². The van der Waals surface area contributed by atoms with Crippen LogP contribution in [-0.4, -0.2) is 41.9 Å². The molecule has 0 bridgehead atoms. The van der Waals surface area contributed by atoms with Crippen molar-refractivity contribution in [2.75, 3.05) is 18.5 Å². The van der Waals surface area contributed by atoms with Crippen LogP contribution in [0.4, 0.5) is 5.69 Å². The molecule has 136 valence electrons. The number of amides is 2. The summed E-state index contributed by atoms with van der Waals surface area (Å²) in [4.78, 5) is 38.9. The molecule has 0 radical (unpaired) electrons. The highest BCUT2D eigenvalue weighted by atomic mass is 79.9. The van der Waals surface area contributed by atoms with Crippen LogP contribution in [0.1, 0.15) is 22.5 Å². The van der Waals surface area contributed by atoms with Crippen molar-refractivity contribution in [1.82, 2.24) is 4.90 Å². The van der Waals surface area contributed by atoms with Gasteiger partial charge in [-0.2, -0.15) is 0 Å². The summed E-state index contributed by atoms with van der Waals surface area (Å²) in [6.07, 6.45) is 1.28. The molecule has 1 aromatic heterocycles. The molecule has 0 aliphatic carbocycles. The normalized spacial score (nSPS) is 16.3. The van der Waals surface area contributed by atoms with E-state index in [0.29, 0.717) is 23.5 Å². The Bertz CT molecular complexity index is 792. The van der Waals surface area contributed by atoms with E-state index in [1.54, 1.807) is 36.4 Å². The molecule has 1 fully saturated rings. The fourth-order valence-electron chi connectivity index (χ4n) is 2.76. The van der Waals surface area contributed by atoms with E-state index in [9.17, 15) is 14.4 Å². The average Bonchev–Trinajstić information content (AvgIpc) is 3.33. The first-order valence-electron chi connectivity index (χ1n) is 8.11. The Balaban J connectivity index is 1.53. The van der Waals surface area contributed by atoms with Crippen LogP contribution < -0.4 is 5.32 Å². The van der Waals surface area contributed by atoms with Crippen LogP contribution in [0.3, 0.4) is 0 Å². The topological polar surface area (TPSA) is 75.7 Å². The Morgan fingerprint density at radius 2 is 2.00 bits per heavy atom. The predicted molar refractivity (Wildman–Crippen MR) is 102 cm³/mol. The SMILES string of the molecule is O=C(COC(=O)[C@H]1CCCN1C(=O)c1cccs1)Nc1ccc(Br)cc1. The third-order valence-electron chi connectivity index (χ3n) is 3.99. The minimum atomic E-state index is -0.634. The number of ether oxygens (including phenoxy) is 1. The number of hydrogen-bond donors (Lipinski definition) is 1. The lowest BCUT2D eigenvalue weighted by Crippen LogP contribution is -2.41. The Kier molecular flexibility index (Phi) is 6.05. The summed E-state index contributed by atoms with van der Waals surface area (Å²) < 4.78 is 6.03. The van der Waals surface area contributed by atoms with Crippen LogP contribution in [-0.2, 0) is 14.3 Å². The third kappa shape index (κ3) is 4.50. The van der Waals surface area contributed by atoms with Crippen LogP contribution in [0.2, 0.25) is 0 Å². The smallest absolute Gasteiger partial charge is 0.329 e. The lowest BCUT2D eigenvalue weighted by atomic mass is 10.2. The van der Waals surface area contributed by atoms with Crippen molar-refractivity contribution in [3.63, 3.8) is 0 Å². The molecule has 1 aliphatic heterocycles. The number of hydrogen-bond acceptors (Lipinski definition) is 5. The van der Waals surface area contributed by atoms with E-state index in [4.69, 9.17) is 4.74 Å². The van der Waals surface area contributed by atoms with Crippen molar-refractivity contribution in [2.24, 2.45) is 0 Å². The lowest BCUT2D eigenvalue weighted by molar-refractivity contribution is -0.151. The average molecular weight is 437 g/mol. The maximum atomic E-state index is 12.5. The number of nitrogens with one attached hydrogen (secondary N) is 1. The molecule has 1 saturated heterocycles. The number of halogens is 1. The largest absolute Gasteiger partial charge is 0.454 e. The number of esters is 1. The highest BCUT2D eigenvalue weighted by Gasteiger charge is 2.36. The molecule has 3 rings (SSSR count). The molecular formula is C18H17BrN2O4S. The highest BCUT2D eigenvalue weighted by molar-refractivity contribution is 9.10. The molecule has 1 aromatic carbocycles. The van der Waals surface area contributed by atoms with E-state index < -0.39 is 17.9 Å². The van der Waals surface area contributed by atoms with Crippen LogP contribution in [0, 0.1) is 0 Å². The minimum Gasteiger partial charge on any atom is -0.454 e. The van der Waals surface area contributed by atoms with Gasteiger partial charge in [0.05, 0.1) is 4.88 Å². The van der Waals surface area contributed by atoms with E-state index >= 15 is 0 Å². The number of likely N-dealkylation sites (tertiary alicyclic amines) is 1. The molecule has 8 heteroatoms. The Hall–Kier alpha value is -2.19. The maximum Gasteiger partial charge on any atom is 0.329 e. The highest BCUT2D eigenvalue weighted by Crippen LogP contribution is 2.23. The molecular weight excluding hydrogens is 420 g/mol. The Morgan fingerprint density at radius 3 is 2.69 bits per heavy atom. The van der Waals surface area contributed by atoms with Gasteiger partial charge in [-0.25, -0.2) is 4.79 Å². The van der Waals surface area contributed by atoms with Gasteiger partial charge in [0.2, 0.25) is 0 Å². The molecule has 0 unspecified atom stereocenters. The summed E-state index contributed by atoms with van der Waals surface area (Å²) >= 11 is 4.66. The van der Waals surface area contributed by atoms with Gasteiger partial charge in [0.15, 0.2) is 6.61 Å². The number of anilines is 1. The second kappa shape index (κ2) is 8.46. The van der Waals surface area contributed by atoms with Crippen molar-refractivity contribution in [2.45, 2.75) is 18.9 Å². The summed E-state index contributed by atoms with van der Waals surface area (Å²) in [5, 5.41) is 4.48. The van der Waals surface area contributed by atoms with Crippen molar-refractivity contribution >= 4 is 50.7 Å². The first kappa shape index (κ1) is 18.6.